The van der Waals surface area contributed by atoms with Crippen LogP contribution in [0.1, 0.15) is 35.1 Å². The Morgan fingerprint density at radius 2 is 2.13 bits per heavy atom. The van der Waals surface area contributed by atoms with Gasteiger partial charge in [-0.1, -0.05) is 17.7 Å². The Labute approximate surface area is 185 Å². The monoisotopic (exact) mass is 436 g/mol. The summed E-state index contributed by atoms with van der Waals surface area (Å²) in [5.74, 6) is 1.23. The highest BCUT2D eigenvalue weighted by molar-refractivity contribution is 6.30. The van der Waals surface area contributed by atoms with Gasteiger partial charge in [-0.25, -0.2) is 9.97 Å². The summed E-state index contributed by atoms with van der Waals surface area (Å²) in [5, 5.41) is 22.5. The Bertz CT molecular complexity index is 1080. The summed E-state index contributed by atoms with van der Waals surface area (Å²) in [5.41, 5.74) is 2.83. The first-order valence-corrected chi connectivity index (χ1v) is 10.7. The molecule has 2 aliphatic heterocycles. The number of anilines is 1. The van der Waals surface area contributed by atoms with Gasteiger partial charge < -0.3 is 14.8 Å². The van der Waals surface area contributed by atoms with Crippen LogP contribution in [0.3, 0.4) is 0 Å². The summed E-state index contributed by atoms with van der Waals surface area (Å²) in [4.78, 5) is 11.1. The third-order valence-corrected chi connectivity index (χ3v) is 6.23. The number of hydrogen-bond donors (Lipinski definition) is 1. The molecule has 4 heterocycles. The van der Waals surface area contributed by atoms with Gasteiger partial charge in [0.25, 0.3) is 0 Å². The van der Waals surface area contributed by atoms with Gasteiger partial charge in [-0.3, -0.25) is 4.90 Å². The van der Waals surface area contributed by atoms with E-state index >= 15 is 0 Å². The van der Waals surface area contributed by atoms with Crippen LogP contribution in [-0.2, 0) is 24.2 Å². The Morgan fingerprint density at radius 1 is 1.29 bits per heavy atom. The van der Waals surface area contributed by atoms with Gasteiger partial charge in [0, 0.05) is 37.5 Å². The standard InChI is InChI=1S/C22H21ClN6O2/c23-20-17(7-24)16-3-6-29(10-18(16)21(27-20)28-22(13-25)4-5-22)9-14-1-2-19(26-8-14)31-15-11-30-12-15/h1-2,8,15H,3-6,9-12H2,(H,27,28). The maximum Gasteiger partial charge on any atom is 0.213 e. The number of hydrogen-bond acceptors (Lipinski definition) is 8. The SMILES string of the molecule is N#Cc1c(Cl)nc(NC2(C#N)CC2)c2c1CCN(Cc1ccc(OC3COC3)nc1)C2. The zero-order valence-corrected chi connectivity index (χ0v) is 17.7. The molecular weight excluding hydrogens is 416 g/mol. The number of nitrogens with one attached hydrogen (secondary N) is 1. The fourth-order valence-electron chi connectivity index (χ4n) is 3.91. The molecule has 2 aromatic heterocycles. The zero-order chi connectivity index (χ0) is 21.4. The molecule has 2 fully saturated rings. The van der Waals surface area contributed by atoms with Crippen molar-refractivity contribution in [3.05, 3.63) is 45.7 Å². The molecule has 1 N–H and O–H groups in total. The Balaban J connectivity index is 1.34. The number of nitriles is 2. The van der Waals surface area contributed by atoms with Crippen molar-refractivity contribution < 1.29 is 9.47 Å². The van der Waals surface area contributed by atoms with Gasteiger partial charge in [0.2, 0.25) is 5.88 Å². The number of pyridine rings is 2. The third-order valence-electron chi connectivity index (χ3n) is 5.96. The highest BCUT2D eigenvalue weighted by Crippen LogP contribution is 2.41. The van der Waals surface area contributed by atoms with Crippen molar-refractivity contribution in [1.82, 2.24) is 14.9 Å². The molecule has 0 radical (unpaired) electrons. The van der Waals surface area contributed by atoms with Crippen LogP contribution in [0.25, 0.3) is 0 Å². The number of nitrogens with zero attached hydrogens (tertiary/aromatic N) is 5. The molecule has 0 atom stereocenters. The molecule has 8 nitrogen and oxygen atoms in total. The summed E-state index contributed by atoms with van der Waals surface area (Å²) in [7, 11) is 0. The topological polar surface area (TPSA) is 107 Å². The van der Waals surface area contributed by atoms with Gasteiger partial charge >= 0.3 is 0 Å². The van der Waals surface area contributed by atoms with E-state index in [1.54, 1.807) is 0 Å². The summed E-state index contributed by atoms with van der Waals surface area (Å²) < 4.78 is 10.8. The van der Waals surface area contributed by atoms with E-state index < -0.39 is 5.54 Å². The van der Waals surface area contributed by atoms with Crippen molar-refractivity contribution in [1.29, 1.82) is 10.5 Å². The van der Waals surface area contributed by atoms with E-state index in [1.165, 1.54) is 0 Å². The lowest BCUT2D eigenvalue weighted by atomic mass is 9.96. The number of aromatic nitrogens is 2. The van der Waals surface area contributed by atoms with Crippen molar-refractivity contribution in [2.45, 2.75) is 44.0 Å². The minimum Gasteiger partial charge on any atom is -0.469 e. The van der Waals surface area contributed by atoms with E-state index in [9.17, 15) is 10.5 Å². The second-order valence-corrected chi connectivity index (χ2v) is 8.61. The summed E-state index contributed by atoms with van der Waals surface area (Å²) >= 11 is 6.29. The summed E-state index contributed by atoms with van der Waals surface area (Å²) in [6.07, 6.45) is 4.20. The van der Waals surface area contributed by atoms with Crippen LogP contribution in [0, 0.1) is 22.7 Å². The molecule has 1 saturated carbocycles. The molecule has 0 aromatic carbocycles. The Hall–Kier alpha value is -2.91. The van der Waals surface area contributed by atoms with E-state index in [-0.39, 0.29) is 11.3 Å². The number of rotatable bonds is 6. The van der Waals surface area contributed by atoms with E-state index in [0.717, 1.165) is 36.1 Å². The summed E-state index contributed by atoms with van der Waals surface area (Å²) in [6, 6.07) is 8.44. The zero-order valence-electron chi connectivity index (χ0n) is 16.9. The molecule has 0 bridgehead atoms. The predicted molar refractivity (Wildman–Crippen MR) is 112 cm³/mol. The fourth-order valence-corrected chi connectivity index (χ4v) is 4.15. The average Bonchev–Trinajstić information content (AvgIpc) is 3.52. The van der Waals surface area contributed by atoms with Crippen LogP contribution >= 0.6 is 11.6 Å². The van der Waals surface area contributed by atoms with Crippen LogP contribution in [0.5, 0.6) is 5.88 Å². The molecule has 3 aliphatic rings. The average molecular weight is 437 g/mol. The molecule has 31 heavy (non-hydrogen) atoms. The third kappa shape index (κ3) is 4.03. The minimum atomic E-state index is -0.564. The number of halogens is 1. The van der Waals surface area contributed by atoms with Crippen molar-refractivity contribution in [2.24, 2.45) is 0 Å². The van der Waals surface area contributed by atoms with Crippen LogP contribution < -0.4 is 10.1 Å². The molecule has 0 spiro atoms. The van der Waals surface area contributed by atoms with Crippen molar-refractivity contribution in [2.75, 3.05) is 25.1 Å². The van der Waals surface area contributed by atoms with E-state index in [0.29, 0.717) is 50.0 Å². The van der Waals surface area contributed by atoms with Crippen molar-refractivity contribution in [3.63, 3.8) is 0 Å². The van der Waals surface area contributed by atoms with Crippen LogP contribution in [0.2, 0.25) is 5.15 Å². The molecular formula is C22H21ClN6O2. The second-order valence-electron chi connectivity index (χ2n) is 8.26. The van der Waals surface area contributed by atoms with Gasteiger partial charge in [0.05, 0.1) is 24.8 Å². The lowest BCUT2D eigenvalue weighted by molar-refractivity contribution is -0.0813. The number of ether oxygens (including phenoxy) is 2. The van der Waals surface area contributed by atoms with Crippen LogP contribution in [0.15, 0.2) is 18.3 Å². The minimum absolute atomic E-state index is 0.0969. The maximum atomic E-state index is 9.58. The summed E-state index contributed by atoms with van der Waals surface area (Å²) in [6.45, 7) is 3.36. The Kier molecular flexibility index (Phi) is 5.15. The number of fused-ring (bicyclic) bond motifs is 1. The molecule has 9 heteroatoms. The van der Waals surface area contributed by atoms with E-state index in [2.05, 4.69) is 32.3 Å². The molecule has 0 unspecified atom stereocenters. The molecule has 5 rings (SSSR count). The second kappa shape index (κ2) is 7.97. The first-order chi connectivity index (χ1) is 15.1. The van der Waals surface area contributed by atoms with Gasteiger partial charge in [0.1, 0.15) is 28.7 Å². The quantitative estimate of drug-likeness (QED) is 0.689. The van der Waals surface area contributed by atoms with Gasteiger partial charge in [-0.05, 0) is 30.4 Å². The first kappa shape index (κ1) is 20.0. The molecule has 1 saturated heterocycles. The largest absolute Gasteiger partial charge is 0.469 e. The smallest absolute Gasteiger partial charge is 0.213 e. The van der Waals surface area contributed by atoms with Gasteiger partial charge in [-0.15, -0.1) is 0 Å². The lowest BCUT2D eigenvalue weighted by Gasteiger charge is -2.31. The normalized spacial score (nSPS) is 19.5. The highest BCUT2D eigenvalue weighted by Gasteiger charge is 2.44. The van der Waals surface area contributed by atoms with Gasteiger partial charge in [-0.2, -0.15) is 10.5 Å². The Morgan fingerprint density at radius 3 is 2.74 bits per heavy atom. The fraction of sp³-hybridized carbons (Fsp3) is 0.455. The van der Waals surface area contributed by atoms with Crippen molar-refractivity contribution in [3.8, 4) is 18.0 Å². The van der Waals surface area contributed by atoms with Gasteiger partial charge in [0.15, 0.2) is 0 Å². The predicted octanol–water partition coefficient (Wildman–Crippen LogP) is 2.81. The van der Waals surface area contributed by atoms with E-state index in [4.69, 9.17) is 21.1 Å². The maximum absolute atomic E-state index is 9.58. The molecule has 0 amide bonds. The van der Waals surface area contributed by atoms with Crippen molar-refractivity contribution >= 4 is 17.4 Å². The van der Waals surface area contributed by atoms with Crippen LogP contribution in [-0.4, -0.2) is 46.3 Å². The molecule has 2 aromatic rings. The molecule has 1 aliphatic carbocycles. The lowest BCUT2D eigenvalue weighted by Crippen LogP contribution is -2.38. The van der Waals surface area contributed by atoms with E-state index in [1.807, 2.05) is 18.3 Å². The first-order valence-electron chi connectivity index (χ1n) is 10.3. The molecule has 158 valence electrons. The highest BCUT2D eigenvalue weighted by atomic mass is 35.5. The van der Waals surface area contributed by atoms with Crippen LogP contribution in [0.4, 0.5) is 5.82 Å².